The summed E-state index contributed by atoms with van der Waals surface area (Å²) < 4.78 is 44.4. The molecule has 10 heteroatoms. The second kappa shape index (κ2) is 5.38. The Balaban J connectivity index is 3.36. The number of alkyl halides is 3. The molecule has 0 aliphatic carbocycles. The predicted molar refractivity (Wildman–Crippen MR) is 53.4 cm³/mol. The topological polar surface area (TPSA) is 98.3 Å². The predicted octanol–water partition coefficient (Wildman–Crippen LogP) is 1.96. The van der Waals surface area contributed by atoms with Crippen LogP contribution in [-0.2, 0) is 6.42 Å². The van der Waals surface area contributed by atoms with Crippen molar-refractivity contribution < 1.29 is 27.6 Å². The SMILES string of the molecule is COc1cc(CC#N)c([N+](=O)[O-])nc1OC(F)(F)F. The number of hydrogen-bond acceptors (Lipinski definition) is 6. The van der Waals surface area contributed by atoms with Gasteiger partial charge in [0.1, 0.15) is 0 Å². The maximum atomic E-state index is 12.1. The Kier molecular flexibility index (Phi) is 4.11. The number of pyridine rings is 1. The molecule has 1 rings (SSSR count). The third-order valence-corrected chi connectivity index (χ3v) is 1.89. The van der Waals surface area contributed by atoms with E-state index in [4.69, 9.17) is 5.26 Å². The molecular weight excluding hydrogens is 271 g/mol. The minimum atomic E-state index is -5.06. The Morgan fingerprint density at radius 3 is 2.63 bits per heavy atom. The van der Waals surface area contributed by atoms with Gasteiger partial charge in [-0.25, -0.2) is 0 Å². The van der Waals surface area contributed by atoms with Crippen LogP contribution in [0.3, 0.4) is 0 Å². The molecular formula is C9H6F3N3O4. The average molecular weight is 277 g/mol. The third kappa shape index (κ3) is 3.70. The van der Waals surface area contributed by atoms with Gasteiger partial charge in [0, 0.05) is 11.1 Å². The van der Waals surface area contributed by atoms with Crippen LogP contribution in [0.5, 0.6) is 11.6 Å². The van der Waals surface area contributed by atoms with E-state index < -0.39 is 35.2 Å². The maximum absolute atomic E-state index is 12.1. The van der Waals surface area contributed by atoms with Crippen LogP contribution in [0.4, 0.5) is 19.0 Å². The summed E-state index contributed by atoms with van der Waals surface area (Å²) in [6, 6.07) is 2.55. The van der Waals surface area contributed by atoms with Crippen LogP contribution >= 0.6 is 0 Å². The van der Waals surface area contributed by atoms with Crippen LogP contribution in [0.15, 0.2) is 6.07 Å². The zero-order valence-corrected chi connectivity index (χ0v) is 9.39. The van der Waals surface area contributed by atoms with Crippen molar-refractivity contribution >= 4 is 5.82 Å². The zero-order chi connectivity index (χ0) is 14.6. The van der Waals surface area contributed by atoms with Gasteiger partial charge in [0.15, 0.2) is 0 Å². The lowest BCUT2D eigenvalue weighted by atomic mass is 10.2. The molecule has 0 radical (unpaired) electrons. The van der Waals surface area contributed by atoms with Crippen molar-refractivity contribution in [2.24, 2.45) is 0 Å². The first-order valence-electron chi connectivity index (χ1n) is 4.63. The summed E-state index contributed by atoms with van der Waals surface area (Å²) in [6.07, 6.45) is -5.46. The Bertz CT molecular complexity index is 539. The van der Waals surface area contributed by atoms with Gasteiger partial charge in [-0.2, -0.15) is 5.26 Å². The van der Waals surface area contributed by atoms with E-state index in [1.807, 2.05) is 0 Å². The third-order valence-electron chi connectivity index (χ3n) is 1.89. The Labute approximate surface area is 104 Å². The van der Waals surface area contributed by atoms with E-state index in [1.54, 1.807) is 6.07 Å². The molecule has 0 fully saturated rings. The fourth-order valence-corrected chi connectivity index (χ4v) is 1.21. The fourth-order valence-electron chi connectivity index (χ4n) is 1.21. The number of nitro groups is 1. The van der Waals surface area contributed by atoms with Gasteiger partial charge in [0.25, 0.3) is 0 Å². The van der Waals surface area contributed by atoms with Gasteiger partial charge >= 0.3 is 18.1 Å². The van der Waals surface area contributed by atoms with Crippen LogP contribution in [0.2, 0.25) is 0 Å². The molecule has 0 bridgehead atoms. The van der Waals surface area contributed by atoms with Gasteiger partial charge in [-0.3, -0.25) is 0 Å². The summed E-state index contributed by atoms with van der Waals surface area (Å²) in [7, 11) is 1.04. The van der Waals surface area contributed by atoms with Gasteiger partial charge in [0.2, 0.25) is 5.75 Å². The lowest BCUT2D eigenvalue weighted by Gasteiger charge is -2.09. The van der Waals surface area contributed by atoms with E-state index in [9.17, 15) is 23.3 Å². The summed E-state index contributed by atoms with van der Waals surface area (Å²) in [5, 5.41) is 19.2. The van der Waals surface area contributed by atoms with Crippen LogP contribution in [0, 0.1) is 21.4 Å². The molecule has 0 aliphatic rings. The molecule has 0 saturated heterocycles. The molecule has 0 spiro atoms. The quantitative estimate of drug-likeness (QED) is 0.616. The van der Waals surface area contributed by atoms with Crippen LogP contribution < -0.4 is 9.47 Å². The second-order valence-corrected chi connectivity index (χ2v) is 3.12. The highest BCUT2D eigenvalue weighted by Gasteiger charge is 2.37. The van der Waals surface area contributed by atoms with Gasteiger partial charge in [-0.15, -0.1) is 13.2 Å². The molecule has 102 valence electrons. The summed E-state index contributed by atoms with van der Waals surface area (Å²) in [6.45, 7) is 0. The molecule has 1 aromatic rings. The van der Waals surface area contributed by atoms with E-state index in [-0.39, 0.29) is 5.56 Å². The normalized spacial score (nSPS) is 10.7. The van der Waals surface area contributed by atoms with Gasteiger partial charge in [0.05, 0.1) is 25.2 Å². The Morgan fingerprint density at radius 2 is 2.21 bits per heavy atom. The molecule has 7 nitrogen and oxygen atoms in total. The molecule has 0 N–H and O–H groups in total. The molecule has 0 aromatic carbocycles. The number of halogens is 3. The van der Waals surface area contributed by atoms with Gasteiger partial charge in [-0.1, -0.05) is 0 Å². The molecule has 1 heterocycles. The van der Waals surface area contributed by atoms with Crippen molar-refractivity contribution in [1.82, 2.24) is 4.98 Å². The maximum Gasteiger partial charge on any atom is 0.575 e. The number of nitriles is 1. The first-order chi connectivity index (χ1) is 8.78. The fraction of sp³-hybridized carbons (Fsp3) is 0.333. The summed E-state index contributed by atoms with van der Waals surface area (Å²) in [5.41, 5.74) is -0.168. The number of ether oxygens (including phenoxy) is 2. The minimum absolute atomic E-state index is 0.168. The molecule has 0 amide bonds. The first kappa shape index (κ1) is 14.5. The lowest BCUT2D eigenvalue weighted by molar-refractivity contribution is -0.390. The number of nitrogens with zero attached hydrogens (tertiary/aromatic N) is 3. The number of aromatic nitrogens is 1. The summed E-state index contributed by atoms with van der Waals surface area (Å²) >= 11 is 0. The average Bonchev–Trinajstić information content (AvgIpc) is 2.28. The molecule has 0 unspecified atom stereocenters. The van der Waals surface area contributed by atoms with E-state index in [1.165, 1.54) is 0 Å². The van der Waals surface area contributed by atoms with E-state index >= 15 is 0 Å². The van der Waals surface area contributed by atoms with Crippen LogP contribution in [0.25, 0.3) is 0 Å². The molecule has 1 aromatic heterocycles. The lowest BCUT2D eigenvalue weighted by Crippen LogP contribution is -2.19. The molecule has 0 saturated carbocycles. The van der Waals surface area contributed by atoms with Gasteiger partial charge in [-0.05, 0) is 4.92 Å². The van der Waals surface area contributed by atoms with Gasteiger partial charge < -0.3 is 19.6 Å². The smallest absolute Gasteiger partial charge is 0.489 e. The largest absolute Gasteiger partial charge is 0.575 e. The van der Waals surface area contributed by atoms with Crippen molar-refractivity contribution in [3.63, 3.8) is 0 Å². The van der Waals surface area contributed by atoms with Crippen LogP contribution in [0.1, 0.15) is 5.56 Å². The number of rotatable bonds is 4. The highest BCUT2D eigenvalue weighted by Crippen LogP contribution is 2.34. The highest BCUT2D eigenvalue weighted by atomic mass is 19.4. The van der Waals surface area contributed by atoms with Crippen molar-refractivity contribution in [3.05, 3.63) is 21.7 Å². The first-order valence-corrected chi connectivity index (χ1v) is 4.63. The number of methoxy groups -OCH3 is 1. The molecule has 0 aliphatic heterocycles. The van der Waals surface area contributed by atoms with E-state index in [0.29, 0.717) is 0 Å². The zero-order valence-electron chi connectivity index (χ0n) is 9.39. The molecule has 0 atom stereocenters. The Morgan fingerprint density at radius 1 is 1.58 bits per heavy atom. The Hall–Kier alpha value is -2.57. The van der Waals surface area contributed by atoms with E-state index in [0.717, 1.165) is 13.2 Å². The summed E-state index contributed by atoms with van der Waals surface area (Å²) in [4.78, 5) is 12.8. The van der Waals surface area contributed by atoms with E-state index in [2.05, 4.69) is 14.5 Å². The highest BCUT2D eigenvalue weighted by molar-refractivity contribution is 5.46. The number of hydrogen-bond donors (Lipinski definition) is 0. The van der Waals surface area contributed by atoms with Crippen molar-refractivity contribution in [2.75, 3.05) is 7.11 Å². The summed E-state index contributed by atoms with van der Waals surface area (Å²) in [5.74, 6) is -2.42. The van der Waals surface area contributed by atoms with Crippen molar-refractivity contribution in [2.45, 2.75) is 12.8 Å². The standard InChI is InChI=1S/C9H6F3N3O4/c1-18-6-4-5(2-3-13)7(15(16)17)14-8(6)19-9(10,11)12/h4H,2H2,1H3. The second-order valence-electron chi connectivity index (χ2n) is 3.12. The minimum Gasteiger partial charge on any atom is -0.489 e. The van der Waals surface area contributed by atoms with Crippen LogP contribution in [-0.4, -0.2) is 23.4 Å². The van der Waals surface area contributed by atoms with Crippen molar-refractivity contribution in [3.8, 4) is 17.7 Å². The molecule has 19 heavy (non-hydrogen) atoms. The monoisotopic (exact) mass is 277 g/mol. The van der Waals surface area contributed by atoms with Crippen molar-refractivity contribution in [1.29, 1.82) is 5.26 Å².